The average Bonchev–Trinajstić information content (AvgIpc) is 2.56. The third-order valence-corrected chi connectivity index (χ3v) is 3.17. The summed E-state index contributed by atoms with van der Waals surface area (Å²) < 4.78 is 10.1. The van der Waals surface area contributed by atoms with E-state index in [0.717, 1.165) is 11.3 Å². The van der Waals surface area contributed by atoms with Gasteiger partial charge in [0.1, 0.15) is 17.4 Å². The third kappa shape index (κ3) is 8.36. The molecule has 0 bridgehead atoms. The summed E-state index contributed by atoms with van der Waals surface area (Å²) in [5.41, 5.74) is 2.29. The SMILES string of the molecule is COc1ccc(CCC(=O)ONC(=O)[C@H](C)NC(=O)OC(C)(C)C)cc1. The molecule has 0 aliphatic rings. The first kappa shape index (κ1) is 21.3. The van der Waals surface area contributed by atoms with E-state index in [-0.39, 0.29) is 6.42 Å². The van der Waals surface area contributed by atoms with Gasteiger partial charge in [0.25, 0.3) is 5.91 Å². The van der Waals surface area contributed by atoms with Crippen molar-refractivity contribution >= 4 is 18.0 Å². The Kier molecular flexibility index (Phi) is 7.89. The van der Waals surface area contributed by atoms with E-state index in [1.807, 2.05) is 17.6 Å². The van der Waals surface area contributed by atoms with E-state index in [1.165, 1.54) is 6.92 Å². The number of rotatable bonds is 6. The quantitative estimate of drug-likeness (QED) is 0.748. The fraction of sp³-hybridized carbons (Fsp3) is 0.500. The molecule has 0 radical (unpaired) electrons. The molecule has 0 spiro atoms. The maximum Gasteiger partial charge on any atom is 0.408 e. The molecule has 1 atom stereocenters. The van der Waals surface area contributed by atoms with Crippen molar-refractivity contribution in [3.05, 3.63) is 29.8 Å². The zero-order valence-corrected chi connectivity index (χ0v) is 15.8. The van der Waals surface area contributed by atoms with Crippen LogP contribution in [0, 0.1) is 0 Å². The molecule has 0 unspecified atom stereocenters. The summed E-state index contributed by atoms with van der Waals surface area (Å²) in [5.74, 6) is -0.512. The molecule has 0 saturated carbocycles. The molecule has 1 aromatic rings. The topological polar surface area (TPSA) is 103 Å². The van der Waals surface area contributed by atoms with Gasteiger partial charge in [-0.1, -0.05) is 12.1 Å². The van der Waals surface area contributed by atoms with Crippen LogP contribution >= 0.6 is 0 Å². The van der Waals surface area contributed by atoms with Crippen LogP contribution in [0.3, 0.4) is 0 Å². The Morgan fingerprint density at radius 2 is 1.73 bits per heavy atom. The largest absolute Gasteiger partial charge is 0.497 e. The number of carbonyl (C=O) groups excluding carboxylic acids is 3. The average molecular weight is 366 g/mol. The highest BCUT2D eigenvalue weighted by Gasteiger charge is 2.21. The van der Waals surface area contributed by atoms with E-state index in [4.69, 9.17) is 14.3 Å². The second kappa shape index (κ2) is 9.65. The summed E-state index contributed by atoms with van der Waals surface area (Å²) in [4.78, 5) is 39.8. The van der Waals surface area contributed by atoms with Crippen LogP contribution < -0.4 is 15.5 Å². The first-order valence-electron chi connectivity index (χ1n) is 8.22. The van der Waals surface area contributed by atoms with Crippen molar-refractivity contribution in [2.75, 3.05) is 7.11 Å². The Morgan fingerprint density at radius 3 is 2.27 bits per heavy atom. The Hall–Kier alpha value is -2.77. The molecule has 8 heteroatoms. The third-order valence-electron chi connectivity index (χ3n) is 3.17. The lowest BCUT2D eigenvalue weighted by atomic mass is 10.1. The molecule has 1 rings (SSSR count). The normalized spacial score (nSPS) is 11.9. The number of amides is 2. The molecule has 0 heterocycles. The predicted molar refractivity (Wildman–Crippen MR) is 94.4 cm³/mol. The van der Waals surface area contributed by atoms with E-state index in [9.17, 15) is 14.4 Å². The number of hydroxylamine groups is 1. The highest BCUT2D eigenvalue weighted by atomic mass is 16.7. The summed E-state index contributed by atoms with van der Waals surface area (Å²) >= 11 is 0. The van der Waals surface area contributed by atoms with Crippen LogP contribution in [-0.2, 0) is 25.6 Å². The molecule has 1 aromatic carbocycles. The zero-order chi connectivity index (χ0) is 19.7. The van der Waals surface area contributed by atoms with Crippen LogP contribution in [0.25, 0.3) is 0 Å². The number of nitrogens with one attached hydrogen (secondary N) is 2. The van der Waals surface area contributed by atoms with Crippen molar-refractivity contribution < 1.29 is 28.7 Å². The predicted octanol–water partition coefficient (Wildman–Crippen LogP) is 2.12. The zero-order valence-electron chi connectivity index (χ0n) is 15.8. The fourth-order valence-electron chi connectivity index (χ4n) is 1.84. The second-order valence-electron chi connectivity index (χ2n) is 6.66. The van der Waals surface area contributed by atoms with Crippen molar-refractivity contribution in [1.29, 1.82) is 0 Å². The maximum atomic E-state index is 11.8. The van der Waals surface area contributed by atoms with E-state index >= 15 is 0 Å². The lowest BCUT2D eigenvalue weighted by Crippen LogP contribution is -2.46. The van der Waals surface area contributed by atoms with Gasteiger partial charge in [-0.25, -0.2) is 9.59 Å². The Morgan fingerprint density at radius 1 is 1.12 bits per heavy atom. The first-order chi connectivity index (χ1) is 12.1. The molecule has 8 nitrogen and oxygen atoms in total. The van der Waals surface area contributed by atoms with Gasteiger partial charge in [0.2, 0.25) is 0 Å². The number of ether oxygens (including phenoxy) is 2. The summed E-state index contributed by atoms with van der Waals surface area (Å²) in [6.07, 6.45) is -0.170. The van der Waals surface area contributed by atoms with Crippen LogP contribution in [-0.4, -0.2) is 36.7 Å². The van der Waals surface area contributed by atoms with Gasteiger partial charge in [0, 0.05) is 0 Å². The number of aryl methyl sites for hydroxylation is 1. The van der Waals surface area contributed by atoms with Gasteiger partial charge < -0.3 is 19.6 Å². The molecular weight excluding hydrogens is 340 g/mol. The number of hydrogen-bond donors (Lipinski definition) is 2. The Labute approximate surface area is 153 Å². The molecule has 0 saturated heterocycles. The summed E-state index contributed by atoms with van der Waals surface area (Å²) in [7, 11) is 1.58. The van der Waals surface area contributed by atoms with Crippen molar-refractivity contribution in [1.82, 2.24) is 10.8 Å². The van der Waals surface area contributed by atoms with Crippen LogP contribution in [0.15, 0.2) is 24.3 Å². The van der Waals surface area contributed by atoms with Gasteiger partial charge in [-0.05, 0) is 51.8 Å². The molecule has 144 valence electrons. The monoisotopic (exact) mass is 366 g/mol. The molecule has 26 heavy (non-hydrogen) atoms. The number of carbonyl (C=O) groups is 3. The molecule has 0 fully saturated rings. The van der Waals surface area contributed by atoms with Gasteiger partial charge >= 0.3 is 12.1 Å². The standard InChI is InChI=1S/C18H26N2O6/c1-12(19-17(23)25-18(2,3)4)16(22)20-26-15(21)11-8-13-6-9-14(24-5)10-7-13/h6-7,9-10,12H,8,11H2,1-5H3,(H,19,23)(H,20,22)/t12-/m0/s1. The van der Waals surface area contributed by atoms with Crippen LogP contribution in [0.4, 0.5) is 4.79 Å². The molecular formula is C18H26N2O6. The number of methoxy groups -OCH3 is 1. The van der Waals surface area contributed by atoms with Gasteiger partial charge in [-0.15, -0.1) is 0 Å². The van der Waals surface area contributed by atoms with Gasteiger partial charge in [0.05, 0.1) is 13.5 Å². The van der Waals surface area contributed by atoms with Gasteiger partial charge in [-0.3, -0.25) is 4.79 Å². The summed E-state index contributed by atoms with van der Waals surface area (Å²) in [6, 6.07) is 6.37. The lowest BCUT2D eigenvalue weighted by Gasteiger charge is -2.21. The van der Waals surface area contributed by atoms with E-state index in [1.54, 1.807) is 40.0 Å². The maximum absolute atomic E-state index is 11.8. The highest BCUT2D eigenvalue weighted by Crippen LogP contribution is 2.12. The van der Waals surface area contributed by atoms with Crippen molar-refractivity contribution in [2.24, 2.45) is 0 Å². The summed E-state index contributed by atoms with van der Waals surface area (Å²) in [6.45, 7) is 6.58. The van der Waals surface area contributed by atoms with Crippen LogP contribution in [0.2, 0.25) is 0 Å². The smallest absolute Gasteiger partial charge is 0.408 e. The van der Waals surface area contributed by atoms with Gasteiger partial charge in [-0.2, -0.15) is 5.48 Å². The summed E-state index contributed by atoms with van der Waals surface area (Å²) in [5, 5.41) is 2.35. The lowest BCUT2D eigenvalue weighted by molar-refractivity contribution is -0.158. The van der Waals surface area contributed by atoms with Crippen molar-refractivity contribution in [2.45, 2.75) is 52.2 Å². The number of hydrogen-bond acceptors (Lipinski definition) is 6. The fourth-order valence-corrected chi connectivity index (χ4v) is 1.84. The van der Waals surface area contributed by atoms with E-state index in [0.29, 0.717) is 6.42 Å². The second-order valence-corrected chi connectivity index (χ2v) is 6.66. The minimum absolute atomic E-state index is 0.0977. The number of benzene rings is 1. The van der Waals surface area contributed by atoms with Crippen molar-refractivity contribution in [3.63, 3.8) is 0 Å². The minimum atomic E-state index is -0.917. The molecule has 0 aliphatic heterocycles. The highest BCUT2D eigenvalue weighted by molar-refractivity contribution is 5.85. The van der Waals surface area contributed by atoms with E-state index < -0.39 is 29.6 Å². The van der Waals surface area contributed by atoms with E-state index in [2.05, 4.69) is 5.32 Å². The van der Waals surface area contributed by atoms with Gasteiger partial charge in [0.15, 0.2) is 0 Å². The van der Waals surface area contributed by atoms with Crippen LogP contribution in [0.1, 0.15) is 39.7 Å². The number of alkyl carbamates (subject to hydrolysis) is 1. The Balaban J connectivity index is 2.32. The molecule has 2 amide bonds. The first-order valence-corrected chi connectivity index (χ1v) is 8.22. The van der Waals surface area contributed by atoms with Crippen molar-refractivity contribution in [3.8, 4) is 5.75 Å². The Bertz CT molecular complexity index is 622. The van der Waals surface area contributed by atoms with Crippen LogP contribution in [0.5, 0.6) is 5.75 Å². The molecule has 0 aromatic heterocycles. The minimum Gasteiger partial charge on any atom is -0.497 e. The molecule has 0 aliphatic carbocycles. The molecule has 2 N–H and O–H groups in total.